The van der Waals surface area contributed by atoms with Crippen molar-refractivity contribution in [2.75, 3.05) is 25.5 Å². The van der Waals surface area contributed by atoms with Gasteiger partial charge in [-0.15, -0.1) is 0 Å². The number of pyridine rings is 1. The SMILES string of the molecule is CN(CCO)C(=O)CC(=O)Nc1ccc(Cl)nc1Cl. The summed E-state index contributed by atoms with van der Waals surface area (Å²) in [4.78, 5) is 28.2. The number of amides is 2. The fourth-order valence-electron chi connectivity index (χ4n) is 1.25. The number of anilines is 1. The van der Waals surface area contributed by atoms with Crippen LogP contribution in [0, 0.1) is 0 Å². The average Bonchev–Trinajstić information content (AvgIpc) is 2.33. The van der Waals surface area contributed by atoms with Crippen molar-refractivity contribution in [3.05, 3.63) is 22.4 Å². The predicted octanol–water partition coefficient (Wildman–Crippen LogP) is 1.17. The standard InChI is InChI=1S/C11H13Cl2N3O3/c1-16(4-5-17)10(19)6-9(18)14-7-2-3-8(12)15-11(7)13/h2-3,17H,4-6H2,1H3,(H,14,18). The van der Waals surface area contributed by atoms with Crippen LogP contribution in [0.4, 0.5) is 5.69 Å². The summed E-state index contributed by atoms with van der Waals surface area (Å²) >= 11 is 11.4. The van der Waals surface area contributed by atoms with Gasteiger partial charge >= 0.3 is 0 Å². The molecule has 1 aromatic heterocycles. The van der Waals surface area contributed by atoms with Crippen molar-refractivity contribution in [1.29, 1.82) is 0 Å². The highest BCUT2D eigenvalue weighted by atomic mass is 35.5. The van der Waals surface area contributed by atoms with Gasteiger partial charge in [0.2, 0.25) is 11.8 Å². The molecule has 1 rings (SSSR count). The lowest BCUT2D eigenvalue weighted by molar-refractivity contribution is -0.133. The van der Waals surface area contributed by atoms with Gasteiger partial charge in [-0.3, -0.25) is 9.59 Å². The van der Waals surface area contributed by atoms with Gasteiger partial charge in [-0.2, -0.15) is 0 Å². The van der Waals surface area contributed by atoms with Gasteiger partial charge < -0.3 is 15.3 Å². The van der Waals surface area contributed by atoms with Crippen molar-refractivity contribution in [2.24, 2.45) is 0 Å². The molecule has 8 heteroatoms. The van der Waals surface area contributed by atoms with Gasteiger partial charge in [0.05, 0.1) is 12.3 Å². The predicted molar refractivity (Wildman–Crippen MR) is 72.2 cm³/mol. The molecule has 0 aromatic carbocycles. The van der Waals surface area contributed by atoms with Crippen molar-refractivity contribution in [3.8, 4) is 0 Å². The highest BCUT2D eigenvalue weighted by Gasteiger charge is 2.15. The van der Waals surface area contributed by atoms with Crippen molar-refractivity contribution < 1.29 is 14.7 Å². The number of carbonyl (C=O) groups excluding carboxylic acids is 2. The van der Waals surface area contributed by atoms with Gasteiger partial charge in [0.1, 0.15) is 11.6 Å². The maximum absolute atomic E-state index is 11.6. The highest BCUT2D eigenvalue weighted by Crippen LogP contribution is 2.21. The smallest absolute Gasteiger partial charge is 0.233 e. The molecule has 19 heavy (non-hydrogen) atoms. The quantitative estimate of drug-likeness (QED) is 0.632. The molecule has 1 aromatic rings. The van der Waals surface area contributed by atoms with Crippen LogP contribution in [0.3, 0.4) is 0 Å². The van der Waals surface area contributed by atoms with E-state index in [1.165, 1.54) is 24.1 Å². The molecule has 2 N–H and O–H groups in total. The Balaban J connectivity index is 2.58. The van der Waals surface area contributed by atoms with Gasteiger partial charge in [-0.25, -0.2) is 4.98 Å². The molecule has 2 amide bonds. The Labute approximate surface area is 120 Å². The van der Waals surface area contributed by atoms with Crippen LogP contribution in [0.2, 0.25) is 10.3 Å². The monoisotopic (exact) mass is 305 g/mol. The van der Waals surface area contributed by atoms with Crippen LogP contribution in [0.15, 0.2) is 12.1 Å². The van der Waals surface area contributed by atoms with E-state index in [-0.39, 0.29) is 35.6 Å². The molecule has 1 heterocycles. The molecule has 0 saturated heterocycles. The lowest BCUT2D eigenvalue weighted by Crippen LogP contribution is -2.32. The second-order valence-electron chi connectivity index (χ2n) is 3.74. The minimum absolute atomic E-state index is 0.0528. The van der Waals surface area contributed by atoms with E-state index in [2.05, 4.69) is 10.3 Å². The number of likely N-dealkylation sites (N-methyl/N-ethyl adjacent to an activating group) is 1. The second kappa shape index (κ2) is 7.28. The summed E-state index contributed by atoms with van der Waals surface area (Å²) in [5.41, 5.74) is 0.286. The van der Waals surface area contributed by atoms with Crippen LogP contribution in [-0.4, -0.2) is 47.0 Å². The topological polar surface area (TPSA) is 82.5 Å². The van der Waals surface area contributed by atoms with Crippen molar-refractivity contribution >= 4 is 40.7 Å². The number of aromatic nitrogens is 1. The molecular weight excluding hydrogens is 293 g/mol. The molecule has 104 valence electrons. The molecule has 0 radical (unpaired) electrons. The first-order valence-electron chi connectivity index (χ1n) is 5.40. The first kappa shape index (κ1) is 15.7. The number of hydrogen-bond acceptors (Lipinski definition) is 4. The van der Waals surface area contributed by atoms with E-state index >= 15 is 0 Å². The molecule has 0 saturated carbocycles. The maximum Gasteiger partial charge on any atom is 0.233 e. The first-order valence-corrected chi connectivity index (χ1v) is 6.16. The van der Waals surface area contributed by atoms with Crippen LogP contribution < -0.4 is 5.32 Å². The number of aliphatic hydroxyl groups is 1. The number of aliphatic hydroxyl groups excluding tert-OH is 1. The van der Waals surface area contributed by atoms with Gasteiger partial charge in [-0.05, 0) is 12.1 Å². The molecule has 0 aliphatic carbocycles. The largest absolute Gasteiger partial charge is 0.395 e. The number of hydrogen-bond donors (Lipinski definition) is 2. The summed E-state index contributed by atoms with van der Waals surface area (Å²) in [7, 11) is 1.50. The number of carbonyl (C=O) groups is 2. The minimum Gasteiger partial charge on any atom is -0.395 e. The van der Waals surface area contributed by atoms with Crippen molar-refractivity contribution in [3.63, 3.8) is 0 Å². The van der Waals surface area contributed by atoms with E-state index in [0.717, 1.165) is 0 Å². The van der Waals surface area contributed by atoms with E-state index in [0.29, 0.717) is 0 Å². The number of halogens is 2. The van der Waals surface area contributed by atoms with Crippen molar-refractivity contribution in [1.82, 2.24) is 9.88 Å². The normalized spacial score (nSPS) is 10.1. The fourth-order valence-corrected chi connectivity index (χ4v) is 1.64. The molecule has 0 aliphatic heterocycles. The van der Waals surface area contributed by atoms with E-state index < -0.39 is 11.8 Å². The molecule has 0 unspecified atom stereocenters. The fraction of sp³-hybridized carbons (Fsp3) is 0.364. The Kier molecular flexibility index (Phi) is 6.01. The third kappa shape index (κ3) is 5.02. The van der Waals surface area contributed by atoms with E-state index in [1.54, 1.807) is 0 Å². The molecule has 0 aliphatic rings. The van der Waals surface area contributed by atoms with Crippen LogP contribution in [0.1, 0.15) is 6.42 Å². The second-order valence-corrected chi connectivity index (χ2v) is 4.48. The Bertz CT molecular complexity index is 482. The molecule has 0 spiro atoms. The zero-order valence-electron chi connectivity index (χ0n) is 10.2. The first-order chi connectivity index (χ1) is 8.93. The lowest BCUT2D eigenvalue weighted by atomic mass is 10.3. The lowest BCUT2D eigenvalue weighted by Gasteiger charge is -2.15. The van der Waals surface area contributed by atoms with Gasteiger partial charge in [-0.1, -0.05) is 23.2 Å². The summed E-state index contributed by atoms with van der Waals surface area (Å²) in [5, 5.41) is 11.4. The van der Waals surface area contributed by atoms with Crippen LogP contribution in [-0.2, 0) is 9.59 Å². The highest BCUT2D eigenvalue weighted by molar-refractivity contribution is 6.34. The van der Waals surface area contributed by atoms with Gasteiger partial charge in [0.15, 0.2) is 5.15 Å². The minimum atomic E-state index is -0.513. The third-order valence-corrected chi connectivity index (χ3v) is 2.76. The Morgan fingerprint density at radius 2 is 2.11 bits per heavy atom. The summed E-state index contributed by atoms with van der Waals surface area (Å²) in [6.07, 6.45) is -0.338. The number of nitrogens with zero attached hydrogens (tertiary/aromatic N) is 2. The summed E-state index contributed by atoms with van der Waals surface area (Å²) in [6.45, 7) is 0.0200. The van der Waals surface area contributed by atoms with Crippen LogP contribution in [0.25, 0.3) is 0 Å². The molecule has 6 nitrogen and oxygen atoms in total. The molecule has 0 bridgehead atoms. The maximum atomic E-state index is 11.6. The average molecular weight is 306 g/mol. The Morgan fingerprint density at radius 1 is 1.42 bits per heavy atom. The van der Waals surface area contributed by atoms with Crippen LogP contribution in [0.5, 0.6) is 0 Å². The summed E-state index contributed by atoms with van der Waals surface area (Å²) in [6, 6.07) is 2.97. The Morgan fingerprint density at radius 3 is 2.68 bits per heavy atom. The summed E-state index contributed by atoms with van der Waals surface area (Å²) in [5.74, 6) is -0.912. The van der Waals surface area contributed by atoms with Crippen molar-refractivity contribution in [2.45, 2.75) is 6.42 Å². The number of rotatable bonds is 5. The van der Waals surface area contributed by atoms with E-state index in [9.17, 15) is 9.59 Å². The van der Waals surface area contributed by atoms with E-state index in [4.69, 9.17) is 28.3 Å². The molecular formula is C11H13Cl2N3O3. The summed E-state index contributed by atoms with van der Waals surface area (Å²) < 4.78 is 0. The van der Waals surface area contributed by atoms with E-state index in [1.807, 2.05) is 0 Å². The van der Waals surface area contributed by atoms with Gasteiger partial charge in [0, 0.05) is 13.6 Å². The van der Waals surface area contributed by atoms with Gasteiger partial charge in [0.25, 0.3) is 0 Å². The molecule has 0 atom stereocenters. The third-order valence-electron chi connectivity index (χ3n) is 2.26. The number of nitrogens with one attached hydrogen (secondary N) is 1. The Hall–Kier alpha value is -1.37. The molecule has 0 fully saturated rings. The zero-order chi connectivity index (χ0) is 14.4. The van der Waals surface area contributed by atoms with Crippen LogP contribution >= 0.6 is 23.2 Å². The zero-order valence-corrected chi connectivity index (χ0v) is 11.7.